The highest BCUT2D eigenvalue weighted by atomic mass is 19.4. The molecule has 0 aliphatic carbocycles. The molecule has 5 nitrogen and oxygen atoms in total. The van der Waals surface area contributed by atoms with Gasteiger partial charge in [-0.05, 0) is 23.3 Å². The van der Waals surface area contributed by atoms with Gasteiger partial charge in [0.2, 0.25) is 0 Å². The molecule has 0 saturated carbocycles. The summed E-state index contributed by atoms with van der Waals surface area (Å²) >= 11 is 0. The van der Waals surface area contributed by atoms with Crippen LogP contribution in [0.1, 0.15) is 23.7 Å². The van der Waals surface area contributed by atoms with Gasteiger partial charge in [0.05, 0.1) is 12.1 Å². The van der Waals surface area contributed by atoms with Gasteiger partial charge in [0.25, 0.3) is 11.6 Å². The lowest BCUT2D eigenvalue weighted by Gasteiger charge is -2.33. The molecule has 3 rings (SSSR count). The van der Waals surface area contributed by atoms with Crippen LogP contribution in [0.5, 0.6) is 0 Å². The Bertz CT molecular complexity index is 868. The van der Waals surface area contributed by atoms with Crippen LogP contribution in [0.25, 0.3) is 0 Å². The Morgan fingerprint density at radius 1 is 1.11 bits per heavy atom. The molecule has 0 spiro atoms. The summed E-state index contributed by atoms with van der Waals surface area (Å²) in [5, 5.41) is 23.8. The van der Waals surface area contributed by atoms with E-state index in [1.54, 1.807) is 6.07 Å². The Morgan fingerprint density at radius 2 is 1.70 bits per heavy atom. The van der Waals surface area contributed by atoms with Crippen molar-refractivity contribution in [1.82, 2.24) is 5.01 Å². The first-order valence-electron chi connectivity index (χ1n) is 7.83. The first kappa shape index (κ1) is 19.0. The molecular weight excluding hydrogens is 368 g/mol. The van der Waals surface area contributed by atoms with Gasteiger partial charge in [0, 0.05) is 0 Å². The number of hydrogen-bond acceptors (Lipinski definition) is 4. The lowest BCUT2D eigenvalue weighted by atomic mass is 10.00. The second-order valence-corrected chi connectivity index (χ2v) is 6.01. The summed E-state index contributed by atoms with van der Waals surface area (Å²) in [5.41, 5.74) is -3.71. The maximum Gasteiger partial charge on any atom is 0.438 e. The minimum atomic E-state index is -5.23. The predicted molar refractivity (Wildman–Crippen MR) is 86.8 cm³/mol. The lowest BCUT2D eigenvalue weighted by molar-refractivity contribution is -0.303. The van der Waals surface area contributed by atoms with Crippen LogP contribution in [0, 0.1) is 5.82 Å². The molecule has 0 unspecified atom stereocenters. The summed E-state index contributed by atoms with van der Waals surface area (Å²) in [6.07, 6.45) is -8.23. The number of aliphatic hydroxyl groups is 2. The normalized spacial score (nSPS) is 21.1. The van der Waals surface area contributed by atoms with E-state index in [9.17, 15) is 32.6 Å². The Morgan fingerprint density at radius 3 is 2.26 bits per heavy atom. The zero-order valence-electron chi connectivity index (χ0n) is 13.7. The van der Waals surface area contributed by atoms with E-state index in [2.05, 4.69) is 5.10 Å². The Labute approximate surface area is 151 Å². The third-order valence-electron chi connectivity index (χ3n) is 4.17. The number of carbonyl (C=O) groups is 1. The molecular formula is C18H14F4N2O3. The third-order valence-corrected chi connectivity index (χ3v) is 4.17. The molecule has 1 heterocycles. The van der Waals surface area contributed by atoms with E-state index in [1.165, 1.54) is 36.4 Å². The van der Waals surface area contributed by atoms with Crippen molar-refractivity contribution >= 4 is 11.6 Å². The van der Waals surface area contributed by atoms with Crippen LogP contribution in [0.2, 0.25) is 0 Å². The van der Waals surface area contributed by atoms with Gasteiger partial charge < -0.3 is 10.2 Å². The fourth-order valence-corrected chi connectivity index (χ4v) is 2.69. The highest BCUT2D eigenvalue weighted by Gasteiger charge is 2.63. The number of nitrogens with zero attached hydrogens (tertiary/aromatic N) is 2. The molecule has 0 fully saturated rings. The fraction of sp³-hybridized carbons (Fsp3) is 0.222. The maximum atomic E-state index is 13.5. The summed E-state index contributed by atoms with van der Waals surface area (Å²) in [4.78, 5) is 12.5. The van der Waals surface area contributed by atoms with Gasteiger partial charge in [0.15, 0.2) is 6.10 Å². The van der Waals surface area contributed by atoms with Gasteiger partial charge in [-0.25, -0.2) is 4.39 Å². The van der Waals surface area contributed by atoms with E-state index in [0.717, 1.165) is 12.1 Å². The van der Waals surface area contributed by atoms with E-state index in [-0.39, 0.29) is 21.8 Å². The lowest BCUT2D eigenvalue weighted by Crippen LogP contribution is -2.57. The number of hydrogen-bond donors (Lipinski definition) is 2. The monoisotopic (exact) mass is 382 g/mol. The average molecular weight is 382 g/mol. The third kappa shape index (κ3) is 3.43. The van der Waals surface area contributed by atoms with E-state index < -0.39 is 36.2 Å². The minimum Gasteiger partial charge on any atom is -0.378 e. The number of halogens is 4. The number of alkyl halides is 3. The zero-order chi connectivity index (χ0) is 19.8. The molecule has 1 aliphatic rings. The van der Waals surface area contributed by atoms with Gasteiger partial charge in [-0.1, -0.05) is 42.5 Å². The van der Waals surface area contributed by atoms with Crippen molar-refractivity contribution in [2.75, 3.05) is 0 Å². The Hall–Kier alpha value is -2.78. The largest absolute Gasteiger partial charge is 0.438 e. The summed E-state index contributed by atoms with van der Waals surface area (Å²) in [6, 6.07) is 11.7. The highest BCUT2D eigenvalue weighted by molar-refractivity contribution is 6.03. The van der Waals surface area contributed by atoms with Gasteiger partial charge in [0.1, 0.15) is 5.82 Å². The molecule has 1 amide bonds. The number of benzene rings is 2. The van der Waals surface area contributed by atoms with Crippen LogP contribution in [0.15, 0.2) is 59.7 Å². The summed E-state index contributed by atoms with van der Waals surface area (Å²) < 4.78 is 53.6. The maximum absolute atomic E-state index is 13.5. The Balaban J connectivity index is 2.00. The van der Waals surface area contributed by atoms with Crippen molar-refractivity contribution in [2.45, 2.75) is 24.4 Å². The fourth-order valence-electron chi connectivity index (χ4n) is 2.69. The van der Waals surface area contributed by atoms with Crippen molar-refractivity contribution in [3.8, 4) is 0 Å². The number of amides is 1. The van der Waals surface area contributed by atoms with Crippen LogP contribution in [-0.2, 0) is 4.79 Å². The van der Waals surface area contributed by atoms with E-state index in [0.29, 0.717) is 0 Å². The smallest absolute Gasteiger partial charge is 0.378 e. The van der Waals surface area contributed by atoms with Crippen molar-refractivity contribution < 1.29 is 32.6 Å². The molecule has 1 aliphatic heterocycles. The van der Waals surface area contributed by atoms with Crippen LogP contribution in [0.3, 0.4) is 0 Å². The van der Waals surface area contributed by atoms with Gasteiger partial charge in [-0.15, -0.1) is 0 Å². The first-order valence-corrected chi connectivity index (χ1v) is 7.83. The summed E-state index contributed by atoms with van der Waals surface area (Å²) in [6.45, 7) is 0. The molecule has 142 valence electrons. The molecule has 9 heteroatoms. The van der Waals surface area contributed by atoms with E-state index in [1.807, 2.05) is 0 Å². The van der Waals surface area contributed by atoms with Crippen LogP contribution < -0.4 is 0 Å². The highest BCUT2D eigenvalue weighted by Crippen LogP contribution is 2.42. The topological polar surface area (TPSA) is 73.1 Å². The van der Waals surface area contributed by atoms with Crippen LogP contribution in [0.4, 0.5) is 17.6 Å². The number of aliphatic hydroxyl groups excluding tert-OH is 1. The number of carbonyl (C=O) groups excluding carboxylic acids is 1. The van der Waals surface area contributed by atoms with Gasteiger partial charge in [-0.2, -0.15) is 23.3 Å². The molecule has 2 N–H and O–H groups in total. The molecule has 0 radical (unpaired) electrons. The average Bonchev–Trinajstić information content (AvgIpc) is 3.00. The summed E-state index contributed by atoms with van der Waals surface area (Å²) in [5.74, 6) is -2.03. The number of hydrazone groups is 1. The quantitative estimate of drug-likeness (QED) is 0.802. The second kappa shape index (κ2) is 6.75. The molecule has 0 saturated heterocycles. The molecule has 27 heavy (non-hydrogen) atoms. The molecule has 2 aromatic carbocycles. The summed E-state index contributed by atoms with van der Waals surface area (Å²) in [7, 11) is 0. The zero-order valence-corrected chi connectivity index (χ0v) is 13.7. The molecule has 0 aromatic heterocycles. The second-order valence-electron chi connectivity index (χ2n) is 6.01. The van der Waals surface area contributed by atoms with Crippen LogP contribution in [-0.4, -0.2) is 38.7 Å². The van der Waals surface area contributed by atoms with Gasteiger partial charge >= 0.3 is 6.18 Å². The number of rotatable bonds is 3. The minimum absolute atomic E-state index is 0.0532. The SMILES string of the molecule is O=C([C@H](O)c1ccccc1)N1N=C(c2ccc(F)cc2)C[C@]1(O)C(F)(F)F. The standard InChI is InChI=1S/C18H14F4N2O3/c19-13-8-6-11(7-9-13)14-10-17(27,18(20,21)22)24(23-14)16(26)15(25)12-4-2-1-3-5-12/h1-9,15,25,27H,10H2/t15-,17+/m1/s1. The van der Waals surface area contributed by atoms with Crippen molar-refractivity contribution in [3.63, 3.8) is 0 Å². The first-order chi connectivity index (χ1) is 12.6. The van der Waals surface area contributed by atoms with Crippen molar-refractivity contribution in [1.29, 1.82) is 0 Å². The van der Waals surface area contributed by atoms with E-state index >= 15 is 0 Å². The van der Waals surface area contributed by atoms with Crippen molar-refractivity contribution in [2.24, 2.45) is 5.10 Å². The molecule has 0 bridgehead atoms. The van der Waals surface area contributed by atoms with E-state index in [4.69, 9.17) is 0 Å². The van der Waals surface area contributed by atoms with Crippen molar-refractivity contribution in [3.05, 3.63) is 71.5 Å². The predicted octanol–water partition coefficient (Wildman–Crippen LogP) is 2.75. The Kier molecular flexibility index (Phi) is 4.75. The molecule has 2 aromatic rings. The van der Waals surface area contributed by atoms with Gasteiger partial charge in [-0.3, -0.25) is 4.79 Å². The van der Waals surface area contributed by atoms with Crippen LogP contribution >= 0.6 is 0 Å². The molecule has 2 atom stereocenters.